The molecule has 0 N–H and O–H groups in total. The molecular formula is C17H28N2O3. The number of esters is 1. The van der Waals surface area contributed by atoms with Gasteiger partial charge in [0.1, 0.15) is 5.69 Å². The van der Waals surface area contributed by atoms with Crippen molar-refractivity contribution < 1.29 is 14.3 Å². The second kappa shape index (κ2) is 8.01. The van der Waals surface area contributed by atoms with Gasteiger partial charge in [0.25, 0.3) is 5.91 Å². The van der Waals surface area contributed by atoms with Crippen LogP contribution in [0.25, 0.3) is 0 Å². The van der Waals surface area contributed by atoms with E-state index in [-0.39, 0.29) is 11.9 Å². The van der Waals surface area contributed by atoms with E-state index in [9.17, 15) is 9.59 Å². The van der Waals surface area contributed by atoms with E-state index >= 15 is 0 Å². The van der Waals surface area contributed by atoms with Crippen LogP contribution in [0.4, 0.5) is 0 Å². The number of ether oxygens (including phenoxy) is 1. The van der Waals surface area contributed by atoms with Crippen molar-refractivity contribution in [2.45, 2.75) is 47.5 Å². The van der Waals surface area contributed by atoms with Crippen molar-refractivity contribution in [1.29, 1.82) is 0 Å². The summed E-state index contributed by atoms with van der Waals surface area (Å²) in [5, 5.41) is 0. The van der Waals surface area contributed by atoms with Crippen molar-refractivity contribution >= 4 is 11.9 Å². The first-order valence-corrected chi connectivity index (χ1v) is 8.02. The van der Waals surface area contributed by atoms with E-state index in [4.69, 9.17) is 4.74 Å². The van der Waals surface area contributed by atoms with E-state index in [0.29, 0.717) is 30.0 Å². The van der Waals surface area contributed by atoms with Gasteiger partial charge >= 0.3 is 5.97 Å². The lowest BCUT2D eigenvalue weighted by Gasteiger charge is -2.21. The third kappa shape index (κ3) is 3.51. The average Bonchev–Trinajstić information content (AvgIpc) is 2.70. The van der Waals surface area contributed by atoms with Gasteiger partial charge in [0.05, 0.1) is 12.2 Å². The Kier molecular flexibility index (Phi) is 6.65. The van der Waals surface area contributed by atoms with Crippen molar-refractivity contribution in [3.63, 3.8) is 0 Å². The fourth-order valence-electron chi connectivity index (χ4n) is 2.69. The van der Waals surface area contributed by atoms with Gasteiger partial charge in [-0.1, -0.05) is 13.3 Å². The topological polar surface area (TPSA) is 51.5 Å². The highest BCUT2D eigenvalue weighted by Gasteiger charge is 2.27. The average molecular weight is 308 g/mol. The van der Waals surface area contributed by atoms with E-state index < -0.39 is 0 Å². The van der Waals surface area contributed by atoms with E-state index in [1.807, 2.05) is 25.7 Å². The van der Waals surface area contributed by atoms with E-state index in [2.05, 4.69) is 6.92 Å². The molecule has 0 aromatic carbocycles. The Morgan fingerprint density at radius 3 is 2.32 bits per heavy atom. The summed E-state index contributed by atoms with van der Waals surface area (Å²) in [5.41, 5.74) is 2.61. The third-order valence-electron chi connectivity index (χ3n) is 4.06. The summed E-state index contributed by atoms with van der Waals surface area (Å²) in [7, 11) is 1.80. The van der Waals surface area contributed by atoms with Crippen molar-refractivity contribution in [3.05, 3.63) is 22.5 Å². The Bertz CT molecular complexity index is 547. The van der Waals surface area contributed by atoms with Crippen LogP contribution in [0, 0.1) is 13.8 Å². The molecule has 1 aromatic rings. The van der Waals surface area contributed by atoms with Crippen molar-refractivity contribution in [3.8, 4) is 0 Å². The molecule has 0 aliphatic carbocycles. The maximum Gasteiger partial charge on any atom is 0.355 e. The summed E-state index contributed by atoms with van der Waals surface area (Å²) in [6.07, 6.45) is 2.03. The van der Waals surface area contributed by atoms with E-state index in [0.717, 1.165) is 25.1 Å². The molecule has 0 fully saturated rings. The first kappa shape index (κ1) is 18.3. The van der Waals surface area contributed by atoms with Crippen LogP contribution in [0.15, 0.2) is 0 Å². The number of carbonyl (C=O) groups is 2. The van der Waals surface area contributed by atoms with Gasteiger partial charge in [-0.3, -0.25) is 4.79 Å². The summed E-state index contributed by atoms with van der Waals surface area (Å²) in [6.45, 7) is 11.3. The maximum atomic E-state index is 12.8. The van der Waals surface area contributed by atoms with Crippen LogP contribution in [-0.2, 0) is 11.8 Å². The summed E-state index contributed by atoms with van der Waals surface area (Å²) in [6, 6.07) is 0. The minimum absolute atomic E-state index is 0.00269. The monoisotopic (exact) mass is 308 g/mol. The zero-order valence-corrected chi connectivity index (χ0v) is 14.7. The molecule has 1 heterocycles. The number of nitrogens with zero attached hydrogens (tertiary/aromatic N) is 2. The molecule has 1 amide bonds. The molecule has 1 aromatic heterocycles. The molecule has 22 heavy (non-hydrogen) atoms. The summed E-state index contributed by atoms with van der Waals surface area (Å²) < 4.78 is 6.86. The van der Waals surface area contributed by atoms with Crippen LogP contribution in [-0.4, -0.2) is 41.0 Å². The molecule has 0 spiro atoms. The Labute approximate surface area is 133 Å². The van der Waals surface area contributed by atoms with Crippen molar-refractivity contribution in [2.24, 2.45) is 7.05 Å². The molecule has 0 saturated carbocycles. The van der Waals surface area contributed by atoms with Gasteiger partial charge in [-0.2, -0.15) is 0 Å². The predicted molar refractivity (Wildman–Crippen MR) is 87.3 cm³/mol. The second-order valence-corrected chi connectivity index (χ2v) is 5.45. The van der Waals surface area contributed by atoms with Gasteiger partial charge in [0, 0.05) is 25.8 Å². The van der Waals surface area contributed by atoms with Crippen molar-refractivity contribution in [2.75, 3.05) is 19.7 Å². The van der Waals surface area contributed by atoms with Crippen molar-refractivity contribution in [1.82, 2.24) is 9.47 Å². The van der Waals surface area contributed by atoms with Crippen LogP contribution >= 0.6 is 0 Å². The van der Waals surface area contributed by atoms with Crippen LogP contribution in [0.3, 0.4) is 0 Å². The fourth-order valence-corrected chi connectivity index (χ4v) is 2.69. The highest BCUT2D eigenvalue weighted by Crippen LogP contribution is 2.23. The number of aromatic nitrogens is 1. The standard InChI is InChI=1S/C17H28N2O3/c1-7-10-11-19(8-2)16(20)14-12(4)15(17(21)22-9-3)18(6)13(14)5/h7-11H2,1-6H3. The molecular weight excluding hydrogens is 280 g/mol. The number of rotatable bonds is 7. The molecule has 0 aliphatic heterocycles. The smallest absolute Gasteiger partial charge is 0.355 e. The highest BCUT2D eigenvalue weighted by atomic mass is 16.5. The van der Waals surface area contributed by atoms with Crippen LogP contribution in [0.2, 0.25) is 0 Å². The lowest BCUT2D eigenvalue weighted by Crippen LogP contribution is -2.32. The number of carbonyl (C=O) groups excluding carboxylic acids is 2. The zero-order chi connectivity index (χ0) is 16.9. The quantitative estimate of drug-likeness (QED) is 0.727. The van der Waals surface area contributed by atoms with Gasteiger partial charge in [0.15, 0.2) is 0 Å². The largest absolute Gasteiger partial charge is 0.461 e. The maximum absolute atomic E-state index is 12.8. The molecule has 0 aliphatic rings. The highest BCUT2D eigenvalue weighted by molar-refractivity contribution is 6.01. The Balaban J connectivity index is 3.22. The fraction of sp³-hybridized carbons (Fsp3) is 0.647. The van der Waals surface area contributed by atoms with Gasteiger partial charge in [-0.25, -0.2) is 4.79 Å². The Morgan fingerprint density at radius 2 is 1.82 bits per heavy atom. The lowest BCUT2D eigenvalue weighted by atomic mass is 10.1. The van der Waals surface area contributed by atoms with Gasteiger partial charge in [-0.05, 0) is 39.7 Å². The molecule has 1 rings (SSSR count). The number of unbranched alkanes of at least 4 members (excludes halogenated alkanes) is 1. The zero-order valence-electron chi connectivity index (χ0n) is 14.7. The first-order valence-electron chi connectivity index (χ1n) is 8.02. The molecule has 0 radical (unpaired) electrons. The lowest BCUT2D eigenvalue weighted by molar-refractivity contribution is 0.0514. The number of hydrogen-bond acceptors (Lipinski definition) is 3. The minimum atomic E-state index is -0.374. The van der Waals surface area contributed by atoms with Crippen LogP contribution in [0.5, 0.6) is 0 Å². The molecule has 0 atom stereocenters. The Hall–Kier alpha value is -1.78. The SMILES string of the molecule is CCCCN(CC)C(=O)c1c(C)c(C(=O)OCC)n(C)c1C. The molecule has 0 bridgehead atoms. The van der Waals surface area contributed by atoms with Gasteiger partial charge in [-0.15, -0.1) is 0 Å². The molecule has 5 nitrogen and oxygen atoms in total. The van der Waals surface area contributed by atoms with E-state index in [1.54, 1.807) is 18.5 Å². The van der Waals surface area contributed by atoms with Crippen LogP contribution < -0.4 is 0 Å². The minimum Gasteiger partial charge on any atom is -0.461 e. The predicted octanol–water partition coefficient (Wildman–Crippen LogP) is 3.08. The summed E-state index contributed by atoms with van der Waals surface area (Å²) in [5.74, 6) is -0.377. The number of hydrogen-bond donors (Lipinski definition) is 0. The molecule has 0 saturated heterocycles. The number of amides is 1. The molecule has 124 valence electrons. The van der Waals surface area contributed by atoms with Gasteiger partial charge in [0.2, 0.25) is 0 Å². The first-order chi connectivity index (χ1) is 10.4. The molecule has 0 unspecified atom stereocenters. The second-order valence-electron chi connectivity index (χ2n) is 5.45. The third-order valence-corrected chi connectivity index (χ3v) is 4.06. The van der Waals surface area contributed by atoms with Gasteiger partial charge < -0.3 is 14.2 Å². The van der Waals surface area contributed by atoms with E-state index in [1.165, 1.54) is 0 Å². The summed E-state index contributed by atoms with van der Waals surface area (Å²) in [4.78, 5) is 26.8. The normalized spacial score (nSPS) is 10.6. The summed E-state index contributed by atoms with van der Waals surface area (Å²) >= 11 is 0. The molecule has 5 heteroatoms. The van der Waals surface area contributed by atoms with Crippen LogP contribution in [0.1, 0.15) is 65.7 Å². The Morgan fingerprint density at radius 1 is 1.18 bits per heavy atom.